The summed E-state index contributed by atoms with van der Waals surface area (Å²) in [6.07, 6.45) is 3.25. The third-order valence-electron chi connectivity index (χ3n) is 4.27. The first kappa shape index (κ1) is 18.8. The monoisotopic (exact) mass is 347 g/mol. The van der Waals surface area contributed by atoms with Crippen LogP contribution in [0.2, 0.25) is 0 Å². The molecule has 0 aliphatic carbocycles. The second kappa shape index (κ2) is 9.66. The maximum absolute atomic E-state index is 12.3. The highest BCUT2D eigenvalue weighted by Gasteiger charge is 2.26. The van der Waals surface area contributed by atoms with E-state index in [0.717, 1.165) is 19.3 Å². The molecule has 3 amide bonds. The van der Waals surface area contributed by atoms with Crippen LogP contribution in [-0.4, -0.2) is 53.6 Å². The number of piperidine rings is 1. The van der Waals surface area contributed by atoms with Crippen molar-refractivity contribution < 1.29 is 19.5 Å². The number of carboxylic acid groups (broad SMARTS) is 1. The van der Waals surface area contributed by atoms with Gasteiger partial charge in [0.1, 0.15) is 0 Å². The van der Waals surface area contributed by atoms with E-state index in [9.17, 15) is 14.4 Å². The van der Waals surface area contributed by atoms with Gasteiger partial charge in [0, 0.05) is 31.6 Å². The van der Waals surface area contributed by atoms with Crippen molar-refractivity contribution in [3.63, 3.8) is 0 Å². The van der Waals surface area contributed by atoms with Crippen LogP contribution >= 0.6 is 0 Å². The summed E-state index contributed by atoms with van der Waals surface area (Å²) in [6.45, 7) is 1.40. The number of nitrogens with one attached hydrogen (secondary N) is 2. The lowest BCUT2D eigenvalue weighted by atomic mass is 10.0. The molecule has 0 aromatic heterocycles. The fourth-order valence-corrected chi connectivity index (χ4v) is 2.92. The number of likely N-dealkylation sites (tertiary alicyclic amines) is 1. The van der Waals surface area contributed by atoms with E-state index in [0.29, 0.717) is 31.6 Å². The molecule has 1 aromatic rings. The number of carbonyl (C=O) groups is 3. The molecule has 3 N–H and O–H groups in total. The van der Waals surface area contributed by atoms with Crippen LogP contribution in [0, 0.1) is 0 Å². The number of carboxylic acids is 1. The quantitative estimate of drug-likeness (QED) is 0.656. The molecule has 136 valence electrons. The fraction of sp³-hybridized carbons (Fsp3) is 0.500. The molecule has 1 aliphatic heterocycles. The molecule has 1 aliphatic rings. The van der Waals surface area contributed by atoms with Gasteiger partial charge in [0.15, 0.2) is 0 Å². The van der Waals surface area contributed by atoms with Crippen molar-refractivity contribution in [1.82, 2.24) is 15.5 Å². The maximum atomic E-state index is 12.3. The Hall–Kier alpha value is -2.57. The molecule has 1 aromatic carbocycles. The first-order valence-electron chi connectivity index (χ1n) is 8.67. The van der Waals surface area contributed by atoms with Crippen LogP contribution in [0.1, 0.15) is 42.5 Å². The highest BCUT2D eigenvalue weighted by atomic mass is 16.4. The van der Waals surface area contributed by atoms with Gasteiger partial charge in [0.25, 0.3) is 5.91 Å². The lowest BCUT2D eigenvalue weighted by Gasteiger charge is -2.35. The number of hydrogen-bond acceptors (Lipinski definition) is 3. The minimum Gasteiger partial charge on any atom is -0.481 e. The normalized spacial score (nSPS) is 17.0. The molecular formula is C18H25N3O4. The number of aliphatic carboxylic acids is 1. The van der Waals surface area contributed by atoms with Crippen molar-refractivity contribution in [2.24, 2.45) is 0 Å². The highest BCUT2D eigenvalue weighted by molar-refractivity contribution is 5.94. The summed E-state index contributed by atoms with van der Waals surface area (Å²) in [7, 11) is 0. The Morgan fingerprint density at radius 3 is 2.60 bits per heavy atom. The molecule has 1 heterocycles. The predicted octanol–water partition coefficient (Wildman–Crippen LogP) is 1.85. The van der Waals surface area contributed by atoms with Gasteiger partial charge in [0.2, 0.25) is 0 Å². The van der Waals surface area contributed by atoms with E-state index in [1.165, 1.54) is 0 Å². The van der Waals surface area contributed by atoms with Crippen LogP contribution < -0.4 is 10.6 Å². The van der Waals surface area contributed by atoms with E-state index in [1.807, 2.05) is 18.2 Å². The Morgan fingerprint density at radius 1 is 1.12 bits per heavy atom. The van der Waals surface area contributed by atoms with Crippen molar-refractivity contribution in [3.05, 3.63) is 35.9 Å². The molecule has 25 heavy (non-hydrogen) atoms. The molecule has 1 fully saturated rings. The fourth-order valence-electron chi connectivity index (χ4n) is 2.92. The zero-order chi connectivity index (χ0) is 18.1. The average Bonchev–Trinajstić information content (AvgIpc) is 2.64. The first-order chi connectivity index (χ1) is 12.1. The van der Waals surface area contributed by atoms with Crippen LogP contribution in [0.3, 0.4) is 0 Å². The van der Waals surface area contributed by atoms with Gasteiger partial charge in [0.05, 0.1) is 6.04 Å². The molecule has 0 spiro atoms. The second-order valence-electron chi connectivity index (χ2n) is 6.15. The van der Waals surface area contributed by atoms with Gasteiger partial charge in [-0.2, -0.15) is 0 Å². The van der Waals surface area contributed by atoms with Gasteiger partial charge in [-0.3, -0.25) is 9.59 Å². The van der Waals surface area contributed by atoms with Gasteiger partial charge >= 0.3 is 12.0 Å². The Morgan fingerprint density at radius 2 is 1.88 bits per heavy atom. The zero-order valence-electron chi connectivity index (χ0n) is 14.2. The smallest absolute Gasteiger partial charge is 0.317 e. The van der Waals surface area contributed by atoms with E-state index in [1.54, 1.807) is 17.0 Å². The number of urea groups is 1. The van der Waals surface area contributed by atoms with Crippen LogP contribution in [0.15, 0.2) is 30.3 Å². The van der Waals surface area contributed by atoms with E-state index in [2.05, 4.69) is 10.6 Å². The summed E-state index contributed by atoms with van der Waals surface area (Å²) in [6, 6.07) is 8.75. The van der Waals surface area contributed by atoms with Crippen molar-refractivity contribution in [1.29, 1.82) is 0 Å². The maximum Gasteiger partial charge on any atom is 0.317 e. The number of nitrogens with zero attached hydrogens (tertiary/aromatic N) is 1. The van der Waals surface area contributed by atoms with Crippen molar-refractivity contribution in [2.75, 3.05) is 19.6 Å². The Balaban J connectivity index is 1.82. The Labute approximate surface area is 147 Å². The lowest BCUT2D eigenvalue weighted by molar-refractivity contribution is -0.137. The number of hydrogen-bond donors (Lipinski definition) is 3. The van der Waals surface area contributed by atoms with Crippen molar-refractivity contribution in [2.45, 2.75) is 38.1 Å². The molecular weight excluding hydrogens is 322 g/mol. The average molecular weight is 347 g/mol. The lowest BCUT2D eigenvalue weighted by Crippen LogP contribution is -2.52. The standard InChI is InChI=1S/C18H25N3O4/c22-16(23)10-6-11-19-18(25)21-12-5-4-9-15(21)13-20-17(24)14-7-2-1-3-8-14/h1-3,7-8,15H,4-6,9-13H2,(H,19,25)(H,20,24)(H,22,23). The molecule has 2 rings (SSSR count). The van der Waals surface area contributed by atoms with Gasteiger partial charge in [-0.1, -0.05) is 18.2 Å². The predicted molar refractivity (Wildman–Crippen MR) is 93.4 cm³/mol. The summed E-state index contributed by atoms with van der Waals surface area (Å²) in [5.74, 6) is -1.01. The summed E-state index contributed by atoms with van der Waals surface area (Å²) in [4.78, 5) is 36.7. The molecule has 0 bridgehead atoms. The van der Waals surface area contributed by atoms with Crippen LogP contribution in [0.25, 0.3) is 0 Å². The minimum atomic E-state index is -0.867. The van der Waals surface area contributed by atoms with Crippen LogP contribution in [0.4, 0.5) is 4.79 Å². The summed E-state index contributed by atoms with van der Waals surface area (Å²) >= 11 is 0. The minimum absolute atomic E-state index is 0.0385. The van der Waals surface area contributed by atoms with Crippen molar-refractivity contribution in [3.8, 4) is 0 Å². The molecule has 0 saturated carbocycles. The molecule has 7 heteroatoms. The molecule has 1 unspecified atom stereocenters. The van der Waals surface area contributed by atoms with E-state index in [4.69, 9.17) is 5.11 Å². The summed E-state index contributed by atoms with van der Waals surface area (Å²) in [5.41, 5.74) is 0.600. The number of rotatable bonds is 7. The van der Waals surface area contributed by atoms with Gasteiger partial charge in [-0.15, -0.1) is 0 Å². The SMILES string of the molecule is O=C(O)CCCNC(=O)N1CCCCC1CNC(=O)c1ccccc1. The third kappa shape index (κ3) is 6.10. The van der Waals surface area contributed by atoms with Gasteiger partial charge in [-0.25, -0.2) is 4.79 Å². The topological polar surface area (TPSA) is 98.7 Å². The Kier molecular flexibility index (Phi) is 7.25. The molecule has 0 radical (unpaired) electrons. The summed E-state index contributed by atoms with van der Waals surface area (Å²) < 4.78 is 0. The van der Waals surface area contributed by atoms with E-state index >= 15 is 0 Å². The van der Waals surface area contributed by atoms with Gasteiger partial charge in [-0.05, 0) is 37.8 Å². The number of benzene rings is 1. The van der Waals surface area contributed by atoms with E-state index < -0.39 is 5.97 Å². The van der Waals surface area contributed by atoms with Crippen LogP contribution in [-0.2, 0) is 4.79 Å². The number of amides is 3. The third-order valence-corrected chi connectivity index (χ3v) is 4.27. The van der Waals surface area contributed by atoms with Crippen molar-refractivity contribution >= 4 is 17.9 Å². The Bertz CT molecular complexity index is 591. The molecule has 7 nitrogen and oxygen atoms in total. The second-order valence-corrected chi connectivity index (χ2v) is 6.15. The number of carbonyl (C=O) groups excluding carboxylic acids is 2. The summed E-state index contributed by atoms with van der Waals surface area (Å²) in [5, 5.41) is 14.3. The van der Waals surface area contributed by atoms with Crippen LogP contribution in [0.5, 0.6) is 0 Å². The zero-order valence-corrected chi connectivity index (χ0v) is 14.2. The largest absolute Gasteiger partial charge is 0.481 e. The van der Waals surface area contributed by atoms with E-state index in [-0.39, 0.29) is 24.4 Å². The first-order valence-corrected chi connectivity index (χ1v) is 8.67. The highest BCUT2D eigenvalue weighted by Crippen LogP contribution is 2.16. The molecule has 1 saturated heterocycles. The van der Waals surface area contributed by atoms with Gasteiger partial charge < -0.3 is 20.6 Å². The molecule has 1 atom stereocenters.